The summed E-state index contributed by atoms with van der Waals surface area (Å²) in [7, 11) is -1.99. The highest BCUT2D eigenvalue weighted by molar-refractivity contribution is 7.89. The van der Waals surface area contributed by atoms with Crippen LogP contribution in [0.4, 0.5) is 0 Å². The Labute approximate surface area is 149 Å². The van der Waals surface area contributed by atoms with E-state index in [4.69, 9.17) is 10.5 Å². The van der Waals surface area contributed by atoms with Crippen LogP contribution in [0.3, 0.4) is 0 Å². The summed E-state index contributed by atoms with van der Waals surface area (Å²) in [6.45, 7) is 0.887. The minimum Gasteiger partial charge on any atom is -0.496 e. The Kier molecular flexibility index (Phi) is 6.09. The van der Waals surface area contributed by atoms with Crippen molar-refractivity contribution in [1.82, 2.24) is 4.31 Å². The molecule has 0 bridgehead atoms. The topological polar surface area (TPSA) is 72.6 Å². The van der Waals surface area contributed by atoms with Gasteiger partial charge in [-0.3, -0.25) is 0 Å². The maximum absolute atomic E-state index is 13.2. The maximum Gasteiger partial charge on any atom is 0.243 e. The second kappa shape index (κ2) is 7.70. The number of sulfonamides is 1. The van der Waals surface area contributed by atoms with Crippen molar-refractivity contribution in [2.24, 2.45) is 5.73 Å². The number of hydrogen-bond acceptors (Lipinski definition) is 4. The molecule has 24 heavy (non-hydrogen) atoms. The Morgan fingerprint density at radius 2 is 1.88 bits per heavy atom. The van der Waals surface area contributed by atoms with E-state index < -0.39 is 10.0 Å². The number of nitrogens with two attached hydrogens (primary N) is 1. The van der Waals surface area contributed by atoms with E-state index in [1.165, 1.54) is 0 Å². The van der Waals surface area contributed by atoms with Crippen molar-refractivity contribution in [3.63, 3.8) is 0 Å². The molecule has 5 nitrogen and oxygen atoms in total. The number of ether oxygens (including phenoxy) is 1. The molecule has 2 aromatic carbocycles. The molecule has 3 rings (SSSR count). The SMILES string of the molecule is COc1ccc(S(=O)(=O)N2CCCCC2CN)c2ccccc12.Cl. The van der Waals surface area contributed by atoms with Gasteiger partial charge in [-0.1, -0.05) is 30.7 Å². The first-order valence-electron chi connectivity index (χ1n) is 7.87. The predicted octanol–water partition coefficient (Wildman–Crippen LogP) is 2.77. The third-order valence-corrected chi connectivity index (χ3v) is 6.51. The fourth-order valence-electron chi connectivity index (χ4n) is 3.30. The summed E-state index contributed by atoms with van der Waals surface area (Å²) in [6.07, 6.45) is 2.73. The van der Waals surface area contributed by atoms with E-state index in [1.807, 2.05) is 24.3 Å². The number of methoxy groups -OCH3 is 1. The average molecular weight is 371 g/mol. The number of fused-ring (bicyclic) bond motifs is 1. The van der Waals surface area contributed by atoms with Crippen molar-refractivity contribution in [1.29, 1.82) is 0 Å². The summed E-state index contributed by atoms with van der Waals surface area (Å²) in [4.78, 5) is 0.328. The molecule has 7 heteroatoms. The number of piperidine rings is 1. The van der Waals surface area contributed by atoms with E-state index in [2.05, 4.69) is 0 Å². The molecule has 132 valence electrons. The van der Waals surface area contributed by atoms with E-state index in [0.29, 0.717) is 29.1 Å². The first-order chi connectivity index (χ1) is 11.1. The van der Waals surface area contributed by atoms with Gasteiger partial charge in [0, 0.05) is 29.9 Å². The van der Waals surface area contributed by atoms with Crippen LogP contribution in [0.15, 0.2) is 41.3 Å². The maximum atomic E-state index is 13.2. The molecule has 0 radical (unpaired) electrons. The zero-order chi connectivity index (χ0) is 16.4. The summed E-state index contributed by atoms with van der Waals surface area (Å²) < 4.78 is 33.3. The molecule has 1 atom stereocenters. The van der Waals surface area contributed by atoms with Gasteiger partial charge in [-0.2, -0.15) is 4.31 Å². The van der Waals surface area contributed by atoms with Crippen LogP contribution in [-0.4, -0.2) is 39.0 Å². The molecule has 0 aromatic heterocycles. The highest BCUT2D eigenvalue weighted by Gasteiger charge is 2.33. The molecule has 2 aromatic rings. The van der Waals surface area contributed by atoms with Crippen LogP contribution < -0.4 is 10.5 Å². The van der Waals surface area contributed by atoms with Gasteiger partial charge in [0.1, 0.15) is 5.75 Å². The van der Waals surface area contributed by atoms with Crippen molar-refractivity contribution in [2.45, 2.75) is 30.2 Å². The lowest BCUT2D eigenvalue weighted by molar-refractivity contribution is 0.258. The fourth-order valence-corrected chi connectivity index (χ4v) is 5.20. The standard InChI is InChI=1S/C17H22N2O3S.ClH/c1-22-16-9-10-17(15-8-3-2-7-14(15)16)23(20,21)19-11-5-4-6-13(19)12-18;/h2-3,7-10,13H,4-6,11-12,18H2,1H3;1H. The van der Waals surface area contributed by atoms with Gasteiger partial charge >= 0.3 is 0 Å². The molecule has 1 aliphatic rings. The van der Waals surface area contributed by atoms with Crippen LogP contribution >= 0.6 is 12.4 Å². The smallest absolute Gasteiger partial charge is 0.243 e. The van der Waals surface area contributed by atoms with Gasteiger partial charge in [-0.25, -0.2) is 8.42 Å². The molecule has 0 saturated carbocycles. The van der Waals surface area contributed by atoms with Crippen molar-refractivity contribution in [3.8, 4) is 5.75 Å². The third-order valence-electron chi connectivity index (χ3n) is 4.50. The highest BCUT2D eigenvalue weighted by Crippen LogP contribution is 2.34. The quantitative estimate of drug-likeness (QED) is 0.898. The lowest BCUT2D eigenvalue weighted by Gasteiger charge is -2.34. The molecule has 1 aliphatic heterocycles. The van der Waals surface area contributed by atoms with E-state index in [-0.39, 0.29) is 18.4 Å². The molecule has 1 unspecified atom stereocenters. The lowest BCUT2D eigenvalue weighted by Crippen LogP contribution is -2.47. The van der Waals surface area contributed by atoms with Crippen molar-refractivity contribution >= 4 is 33.2 Å². The summed E-state index contributed by atoms with van der Waals surface area (Å²) in [5.74, 6) is 0.675. The normalized spacial score (nSPS) is 19.0. The number of hydrogen-bond donors (Lipinski definition) is 1. The van der Waals surface area contributed by atoms with Crippen molar-refractivity contribution in [2.75, 3.05) is 20.2 Å². The van der Waals surface area contributed by atoms with Crippen molar-refractivity contribution in [3.05, 3.63) is 36.4 Å². The first-order valence-corrected chi connectivity index (χ1v) is 9.31. The van der Waals surface area contributed by atoms with Crippen LogP contribution in [-0.2, 0) is 10.0 Å². The van der Waals surface area contributed by atoms with Gasteiger partial charge in [0.15, 0.2) is 0 Å². The lowest BCUT2D eigenvalue weighted by atomic mass is 10.1. The van der Waals surface area contributed by atoms with Gasteiger partial charge in [0.25, 0.3) is 0 Å². The van der Waals surface area contributed by atoms with Crippen molar-refractivity contribution < 1.29 is 13.2 Å². The minimum atomic E-state index is -3.58. The van der Waals surface area contributed by atoms with E-state index >= 15 is 0 Å². The Bertz CT molecular complexity index is 811. The van der Waals surface area contributed by atoms with E-state index in [0.717, 1.165) is 24.6 Å². The van der Waals surface area contributed by atoms with Gasteiger partial charge in [0.2, 0.25) is 10.0 Å². The van der Waals surface area contributed by atoms with Gasteiger partial charge < -0.3 is 10.5 Å². The predicted molar refractivity (Wildman–Crippen MR) is 98.3 cm³/mol. The molecule has 1 fully saturated rings. The summed E-state index contributed by atoms with van der Waals surface area (Å²) in [5.41, 5.74) is 5.80. The van der Waals surface area contributed by atoms with Crippen LogP contribution in [0, 0.1) is 0 Å². The summed E-state index contributed by atoms with van der Waals surface area (Å²) >= 11 is 0. The zero-order valence-electron chi connectivity index (χ0n) is 13.6. The Morgan fingerprint density at radius 3 is 2.54 bits per heavy atom. The van der Waals surface area contributed by atoms with Gasteiger partial charge in [-0.05, 0) is 25.0 Å². The number of rotatable bonds is 4. The molecule has 1 heterocycles. The summed E-state index contributed by atoms with van der Waals surface area (Å²) in [5, 5.41) is 1.49. The number of benzene rings is 2. The molecular formula is C17H23ClN2O3S. The summed E-state index contributed by atoms with van der Waals surface area (Å²) in [6, 6.07) is 10.7. The van der Waals surface area contributed by atoms with Crippen LogP contribution in [0.2, 0.25) is 0 Å². The second-order valence-corrected chi connectivity index (χ2v) is 7.67. The Morgan fingerprint density at radius 1 is 1.17 bits per heavy atom. The Balaban J connectivity index is 0.00000208. The largest absolute Gasteiger partial charge is 0.496 e. The molecule has 0 amide bonds. The molecule has 0 spiro atoms. The second-order valence-electron chi connectivity index (χ2n) is 5.81. The van der Waals surface area contributed by atoms with E-state index in [1.54, 1.807) is 23.5 Å². The highest BCUT2D eigenvalue weighted by atomic mass is 35.5. The van der Waals surface area contributed by atoms with Crippen LogP contribution in [0.1, 0.15) is 19.3 Å². The average Bonchev–Trinajstić information content (AvgIpc) is 2.60. The number of halogens is 1. The molecular weight excluding hydrogens is 348 g/mol. The minimum absolute atomic E-state index is 0. The van der Waals surface area contributed by atoms with Crippen LogP contribution in [0.25, 0.3) is 10.8 Å². The Hall–Kier alpha value is -1.34. The van der Waals surface area contributed by atoms with Gasteiger partial charge in [0.05, 0.1) is 12.0 Å². The zero-order valence-corrected chi connectivity index (χ0v) is 15.3. The number of nitrogens with zero attached hydrogens (tertiary/aromatic N) is 1. The molecule has 1 saturated heterocycles. The van der Waals surface area contributed by atoms with Crippen LogP contribution in [0.5, 0.6) is 5.75 Å². The molecule has 0 aliphatic carbocycles. The van der Waals surface area contributed by atoms with Gasteiger partial charge in [-0.15, -0.1) is 12.4 Å². The monoisotopic (exact) mass is 370 g/mol. The molecule has 2 N–H and O–H groups in total. The fraction of sp³-hybridized carbons (Fsp3) is 0.412. The first kappa shape index (κ1) is 19.0. The third kappa shape index (κ3) is 3.24. The van der Waals surface area contributed by atoms with E-state index in [9.17, 15) is 8.42 Å².